The molecule has 0 radical (unpaired) electrons. The third-order valence-corrected chi connectivity index (χ3v) is 24.9. The van der Waals surface area contributed by atoms with Gasteiger partial charge in [0.15, 0.2) is 0 Å². The van der Waals surface area contributed by atoms with Gasteiger partial charge in [0.1, 0.15) is 0 Å². The molecule has 0 aliphatic heterocycles. The van der Waals surface area contributed by atoms with Crippen molar-refractivity contribution in [2.24, 2.45) is 0 Å². The predicted molar refractivity (Wildman–Crippen MR) is 504 cm³/mol. The maximum Gasteiger partial charge on any atom is 0.0553 e. The minimum Gasteiger partial charge on any atom is -0.310 e. The number of anilines is 6. The minimum atomic E-state index is 1.06. The van der Waals surface area contributed by atoms with Gasteiger partial charge in [0.25, 0.3) is 0 Å². The normalized spacial score (nSPS) is 11.9. The molecule has 0 atom stereocenters. The maximum absolute atomic E-state index is 2.51. The molecule has 548 valence electrons. The molecule has 0 aliphatic carbocycles. The lowest BCUT2D eigenvalue weighted by Gasteiger charge is -2.28. The summed E-state index contributed by atoms with van der Waals surface area (Å²) >= 11 is 0. The molecule has 0 saturated heterocycles. The van der Waals surface area contributed by atoms with Crippen molar-refractivity contribution in [2.75, 3.05) is 9.80 Å². The van der Waals surface area contributed by atoms with Gasteiger partial charge < -0.3 is 18.9 Å². The first-order valence-corrected chi connectivity index (χ1v) is 40.8. The van der Waals surface area contributed by atoms with Crippen LogP contribution in [0.2, 0.25) is 0 Å². The lowest BCUT2D eigenvalue weighted by molar-refractivity contribution is 1.18. The van der Waals surface area contributed by atoms with E-state index in [4.69, 9.17) is 0 Å². The van der Waals surface area contributed by atoms with Gasteiger partial charge in [-0.1, -0.05) is 315 Å². The molecule has 0 unspecified atom stereocenters. The number of nitrogens with zero attached hydrogens (tertiary/aromatic N) is 4. The summed E-state index contributed by atoms with van der Waals surface area (Å²) in [5.41, 5.74) is 22.6. The third-order valence-electron chi connectivity index (χ3n) is 24.9. The van der Waals surface area contributed by atoms with E-state index in [0.717, 1.165) is 95.2 Å². The molecule has 0 spiro atoms. The van der Waals surface area contributed by atoms with Gasteiger partial charge in [-0.25, -0.2) is 0 Å². The smallest absolute Gasteiger partial charge is 0.0553 e. The van der Waals surface area contributed by atoms with Crippen molar-refractivity contribution in [3.05, 3.63) is 437 Å². The fourth-order valence-corrected chi connectivity index (χ4v) is 19.6. The molecule has 118 heavy (non-hydrogen) atoms. The molecule has 0 saturated carbocycles. The molecular weight excluding hydrogens is 1430 g/mol. The second-order valence-corrected chi connectivity index (χ2v) is 31.4. The third kappa shape index (κ3) is 10.8. The zero-order chi connectivity index (χ0) is 77.5. The van der Waals surface area contributed by atoms with E-state index in [2.05, 4.69) is 456 Å². The molecule has 0 bridgehead atoms. The van der Waals surface area contributed by atoms with Crippen LogP contribution in [0.4, 0.5) is 34.1 Å². The number of rotatable bonds is 12. The highest BCUT2D eigenvalue weighted by molar-refractivity contribution is 6.26. The van der Waals surface area contributed by atoms with Crippen molar-refractivity contribution in [1.82, 2.24) is 9.13 Å². The molecule has 0 fully saturated rings. The van der Waals surface area contributed by atoms with Crippen LogP contribution in [0, 0.1) is 0 Å². The van der Waals surface area contributed by atoms with Crippen LogP contribution >= 0.6 is 0 Å². The first kappa shape index (κ1) is 66.9. The topological polar surface area (TPSA) is 16.3 Å². The van der Waals surface area contributed by atoms with Crippen molar-refractivity contribution in [3.8, 4) is 55.9 Å². The van der Waals surface area contributed by atoms with Gasteiger partial charge in [0, 0.05) is 66.7 Å². The molecule has 24 rings (SSSR count). The maximum atomic E-state index is 2.51. The van der Waals surface area contributed by atoms with Gasteiger partial charge >= 0.3 is 0 Å². The van der Waals surface area contributed by atoms with Crippen LogP contribution in [0.15, 0.2) is 437 Å². The second kappa shape index (κ2) is 27.0. The summed E-state index contributed by atoms with van der Waals surface area (Å²) in [6.07, 6.45) is 0. The quantitative estimate of drug-likeness (QED) is 0.113. The predicted octanol–water partition coefficient (Wildman–Crippen LogP) is 31.9. The fraction of sp³-hybridized carbons (Fsp3) is 0. The molecule has 0 amide bonds. The lowest BCUT2D eigenvalue weighted by Crippen LogP contribution is -2.11. The van der Waals surface area contributed by atoms with Gasteiger partial charge in [-0.3, -0.25) is 0 Å². The molecular formula is C114H72N4. The summed E-state index contributed by atoms with van der Waals surface area (Å²) in [4.78, 5) is 4.94. The van der Waals surface area contributed by atoms with E-state index in [9.17, 15) is 0 Å². The van der Waals surface area contributed by atoms with Crippen molar-refractivity contribution in [3.63, 3.8) is 0 Å². The van der Waals surface area contributed by atoms with Crippen molar-refractivity contribution in [1.29, 1.82) is 0 Å². The Labute approximate surface area is 681 Å². The van der Waals surface area contributed by atoms with Crippen molar-refractivity contribution in [2.45, 2.75) is 0 Å². The monoisotopic (exact) mass is 1500 g/mol. The molecule has 0 aliphatic rings. The summed E-state index contributed by atoms with van der Waals surface area (Å²) < 4.78 is 4.98. The molecule has 2 heterocycles. The average molecular weight is 1500 g/mol. The molecule has 22 aromatic carbocycles. The fourth-order valence-electron chi connectivity index (χ4n) is 19.6. The Hall–Kier alpha value is -15.6. The Morgan fingerprint density at radius 2 is 0.542 bits per heavy atom. The van der Waals surface area contributed by atoms with E-state index in [-0.39, 0.29) is 0 Å². The Morgan fingerprint density at radius 3 is 1.18 bits per heavy atom. The zero-order valence-corrected chi connectivity index (χ0v) is 64.4. The van der Waals surface area contributed by atoms with Crippen LogP contribution in [-0.2, 0) is 0 Å². The van der Waals surface area contributed by atoms with Gasteiger partial charge in [0.05, 0.1) is 27.8 Å². The summed E-state index contributed by atoms with van der Waals surface area (Å²) in [6.45, 7) is 0. The molecule has 2 aromatic heterocycles. The van der Waals surface area contributed by atoms with Crippen molar-refractivity contribution < 1.29 is 0 Å². The lowest BCUT2D eigenvalue weighted by atomic mass is 9.91. The van der Waals surface area contributed by atoms with E-state index in [1.54, 1.807) is 0 Å². The Kier molecular flexibility index (Phi) is 15.3. The van der Waals surface area contributed by atoms with Gasteiger partial charge in [-0.15, -0.1) is 0 Å². The van der Waals surface area contributed by atoms with Crippen LogP contribution in [-0.4, -0.2) is 9.13 Å². The number of fused-ring (bicyclic) bond motifs is 18. The summed E-state index contributed by atoms with van der Waals surface area (Å²) in [5.74, 6) is 0. The van der Waals surface area contributed by atoms with E-state index in [1.165, 1.54) is 135 Å². The average Bonchev–Trinajstić information content (AvgIpc) is 1.55. The first-order valence-electron chi connectivity index (χ1n) is 40.8. The number of hydrogen-bond donors (Lipinski definition) is 0. The summed E-state index contributed by atoms with van der Waals surface area (Å²) in [5, 5.41) is 26.6. The van der Waals surface area contributed by atoms with Crippen LogP contribution in [0.25, 0.3) is 196 Å². The largest absolute Gasteiger partial charge is 0.310 e. The molecule has 4 nitrogen and oxygen atoms in total. The highest BCUT2D eigenvalue weighted by Gasteiger charge is 2.26. The van der Waals surface area contributed by atoms with Crippen LogP contribution in [0.5, 0.6) is 0 Å². The van der Waals surface area contributed by atoms with E-state index >= 15 is 0 Å². The first-order chi connectivity index (χ1) is 58.5. The van der Waals surface area contributed by atoms with Gasteiger partial charge in [-0.05, 0) is 257 Å². The SMILES string of the molecule is c1ccc(-n2c3ccccc3c3c(-c4cccc(N(c5ccc(-c6cccc7ccccc67)cc5)c5ccc6c(ccc7ccccc76)c5)c4)c4ccc(-c5cccc(-n6c7ccccc7c7c(-c8cccc(N(c9ccc%10c(ccc%11ccccc%11%10)c9)c9cc%10ccccc%10c%10ccccc9%10)c8)c8ccccc8cc76)c5)cc4cc32)cc1. The van der Waals surface area contributed by atoms with Crippen LogP contribution < -0.4 is 9.80 Å². The Balaban J connectivity index is 0.670. The van der Waals surface area contributed by atoms with Gasteiger partial charge in [-0.2, -0.15) is 0 Å². The van der Waals surface area contributed by atoms with Crippen LogP contribution in [0.3, 0.4) is 0 Å². The standard InChI is InChI=1S/C114H72N4/c1-2-33-86(34-3-1)117-106-48-18-16-45-104(106)114-110(117)72-85-64-78(56-61-101(85)112(114)83-31-21-35-88(68-83)115(91-59-62-98-81(66-91)52-50-74-25-5-10-39-94(74)98)87-57-54-76(55-58-87)96-47-23-29-73-24-4-9-38-93(73)96)77-30-20-37-90(65-77)118-107-49-19-17-46-105(107)113-109(118)71-80-28-8-13-42-100(80)111(113)84-32-22-36-89(69-84)116(92-60-63-99-82(67-92)53-51-75-26-6-11-40-95(75)99)108-70-79-27-7-12-41-97(79)102-43-14-15-44-103(102)108/h1-72H. The Bertz CT molecular complexity index is 8270. The second-order valence-electron chi connectivity index (χ2n) is 31.4. The molecule has 4 heteroatoms. The number of para-hydroxylation sites is 3. The number of aromatic nitrogens is 2. The number of hydrogen-bond acceptors (Lipinski definition) is 2. The van der Waals surface area contributed by atoms with Crippen molar-refractivity contribution >= 4 is 175 Å². The van der Waals surface area contributed by atoms with Crippen LogP contribution in [0.1, 0.15) is 0 Å². The van der Waals surface area contributed by atoms with E-state index in [0.29, 0.717) is 0 Å². The summed E-state index contributed by atoms with van der Waals surface area (Å²) in [6, 6.07) is 163. The summed E-state index contributed by atoms with van der Waals surface area (Å²) in [7, 11) is 0. The van der Waals surface area contributed by atoms with E-state index < -0.39 is 0 Å². The molecule has 24 aromatic rings. The number of benzene rings is 22. The molecule has 0 N–H and O–H groups in total. The highest BCUT2D eigenvalue weighted by Crippen LogP contribution is 2.51. The Morgan fingerprint density at radius 1 is 0.161 bits per heavy atom. The van der Waals surface area contributed by atoms with Gasteiger partial charge in [0.2, 0.25) is 0 Å². The highest BCUT2D eigenvalue weighted by atomic mass is 15.1. The van der Waals surface area contributed by atoms with E-state index in [1.807, 2.05) is 0 Å². The zero-order valence-electron chi connectivity index (χ0n) is 64.4. The minimum absolute atomic E-state index is 1.06.